The monoisotopic (exact) mass is 404 g/mol. The van der Waals surface area contributed by atoms with Gasteiger partial charge in [-0.15, -0.1) is 0 Å². The van der Waals surface area contributed by atoms with E-state index in [2.05, 4.69) is 20.8 Å². The zero-order chi connectivity index (χ0) is 21.0. The number of fused-ring (bicyclic) bond motifs is 5. The van der Waals surface area contributed by atoms with Crippen molar-refractivity contribution in [2.75, 3.05) is 7.11 Å². The van der Waals surface area contributed by atoms with E-state index >= 15 is 0 Å². The predicted molar refractivity (Wildman–Crippen MR) is 112 cm³/mol. The minimum Gasteiger partial charge on any atom is -0.469 e. The van der Waals surface area contributed by atoms with Crippen LogP contribution < -0.4 is 0 Å². The molecule has 4 aliphatic rings. The van der Waals surface area contributed by atoms with Crippen molar-refractivity contribution in [2.45, 2.75) is 91.1 Å². The Balaban J connectivity index is 1.53. The lowest BCUT2D eigenvalue weighted by Gasteiger charge is -2.60. The van der Waals surface area contributed by atoms with E-state index in [1.165, 1.54) is 26.4 Å². The maximum Gasteiger partial charge on any atom is 0.305 e. The van der Waals surface area contributed by atoms with E-state index < -0.39 is 0 Å². The normalized spacial score (nSPS) is 47.7. The van der Waals surface area contributed by atoms with Crippen molar-refractivity contribution < 1.29 is 19.4 Å². The van der Waals surface area contributed by atoms with Crippen molar-refractivity contribution in [3.63, 3.8) is 0 Å². The van der Waals surface area contributed by atoms with E-state index in [1.54, 1.807) is 0 Å². The molecule has 4 rings (SSSR count). The number of hydrogen-bond donors (Lipinski definition) is 1. The standard InChI is InChI=1S/C25H40O4/c1-15(5-8-22(28)29-4)18-6-7-19-23-20(10-12-25(18,19)3)24(2)11-9-17(26)13-16(24)14-21(23)27/h15-20,23,26H,5-14H2,1-4H3/t15?,16-,17+,18?,19?,20?,23?,24?,25+/m0/s1. The van der Waals surface area contributed by atoms with Crippen LogP contribution in [0.2, 0.25) is 0 Å². The van der Waals surface area contributed by atoms with Gasteiger partial charge in [0.15, 0.2) is 0 Å². The van der Waals surface area contributed by atoms with Gasteiger partial charge in [-0.05, 0) is 91.8 Å². The first-order valence-electron chi connectivity index (χ1n) is 12.0. The molecule has 1 N–H and O–H groups in total. The first kappa shape index (κ1) is 21.3. The largest absolute Gasteiger partial charge is 0.469 e. The molecule has 4 saturated carbocycles. The maximum absolute atomic E-state index is 13.4. The van der Waals surface area contributed by atoms with E-state index in [9.17, 15) is 14.7 Å². The second kappa shape index (κ2) is 7.66. The van der Waals surface area contributed by atoms with Crippen molar-refractivity contribution in [1.29, 1.82) is 0 Å². The third kappa shape index (κ3) is 3.38. The van der Waals surface area contributed by atoms with Crippen LogP contribution in [0, 0.1) is 46.3 Å². The molecule has 0 heterocycles. The Morgan fingerprint density at radius 3 is 2.55 bits per heavy atom. The van der Waals surface area contributed by atoms with Crippen LogP contribution in [-0.2, 0) is 14.3 Å². The summed E-state index contributed by atoms with van der Waals surface area (Å²) in [5.41, 5.74) is 0.456. The number of aliphatic hydroxyl groups is 1. The van der Waals surface area contributed by atoms with Gasteiger partial charge in [-0.3, -0.25) is 9.59 Å². The Kier molecular flexibility index (Phi) is 5.63. The highest BCUT2D eigenvalue weighted by molar-refractivity contribution is 5.83. The van der Waals surface area contributed by atoms with Crippen molar-refractivity contribution in [1.82, 2.24) is 0 Å². The molecule has 0 aliphatic heterocycles. The van der Waals surface area contributed by atoms with E-state index in [0.29, 0.717) is 48.2 Å². The first-order valence-corrected chi connectivity index (χ1v) is 12.0. The van der Waals surface area contributed by atoms with Crippen LogP contribution in [0.3, 0.4) is 0 Å². The molecule has 0 saturated heterocycles. The van der Waals surface area contributed by atoms with Crippen LogP contribution >= 0.6 is 0 Å². The van der Waals surface area contributed by atoms with Crippen LogP contribution in [0.15, 0.2) is 0 Å². The number of ether oxygens (including phenoxy) is 1. The quantitative estimate of drug-likeness (QED) is 0.685. The van der Waals surface area contributed by atoms with Gasteiger partial charge in [0.25, 0.3) is 0 Å². The fraction of sp³-hybridized carbons (Fsp3) is 0.920. The summed E-state index contributed by atoms with van der Waals surface area (Å²) < 4.78 is 4.85. The van der Waals surface area contributed by atoms with Crippen molar-refractivity contribution >= 4 is 11.8 Å². The number of ketones is 1. The maximum atomic E-state index is 13.4. The molecule has 29 heavy (non-hydrogen) atoms. The lowest BCUT2D eigenvalue weighted by molar-refractivity contribution is -0.160. The van der Waals surface area contributed by atoms with Gasteiger partial charge in [-0.2, -0.15) is 0 Å². The predicted octanol–water partition coefficient (Wildman–Crippen LogP) is 4.77. The van der Waals surface area contributed by atoms with Crippen LogP contribution in [-0.4, -0.2) is 30.1 Å². The fourth-order valence-electron chi connectivity index (χ4n) is 8.53. The summed E-state index contributed by atoms with van der Waals surface area (Å²) in [7, 11) is 1.47. The summed E-state index contributed by atoms with van der Waals surface area (Å²) in [5, 5.41) is 10.2. The summed E-state index contributed by atoms with van der Waals surface area (Å²) in [5.74, 6) is 3.08. The molecule has 9 atom stereocenters. The number of carbonyl (C=O) groups is 2. The molecule has 0 aromatic heterocycles. The molecule has 0 spiro atoms. The molecular weight excluding hydrogens is 364 g/mol. The van der Waals surface area contributed by atoms with Gasteiger partial charge in [0.2, 0.25) is 0 Å². The zero-order valence-electron chi connectivity index (χ0n) is 18.8. The fourth-order valence-corrected chi connectivity index (χ4v) is 8.53. The highest BCUT2D eigenvalue weighted by atomic mass is 16.5. The highest BCUT2D eigenvalue weighted by Gasteiger charge is 2.62. The van der Waals surface area contributed by atoms with Crippen LogP contribution in [0.5, 0.6) is 0 Å². The van der Waals surface area contributed by atoms with Gasteiger partial charge in [0.05, 0.1) is 13.2 Å². The zero-order valence-corrected chi connectivity index (χ0v) is 18.8. The molecule has 0 aromatic rings. The molecule has 0 aromatic carbocycles. The smallest absolute Gasteiger partial charge is 0.305 e. The number of methoxy groups -OCH3 is 1. The molecule has 4 aliphatic carbocycles. The van der Waals surface area contributed by atoms with E-state index in [1.807, 2.05) is 0 Å². The second-order valence-electron chi connectivity index (χ2n) is 11.4. The summed E-state index contributed by atoms with van der Waals surface area (Å²) in [6.07, 6.45) is 9.40. The van der Waals surface area contributed by atoms with Crippen molar-refractivity contribution in [2.24, 2.45) is 46.3 Å². The van der Waals surface area contributed by atoms with Gasteiger partial charge >= 0.3 is 5.97 Å². The molecule has 0 bridgehead atoms. The molecule has 4 heteroatoms. The van der Waals surface area contributed by atoms with Crippen LogP contribution in [0.25, 0.3) is 0 Å². The van der Waals surface area contributed by atoms with Gasteiger partial charge in [-0.25, -0.2) is 0 Å². The van der Waals surface area contributed by atoms with E-state index in [0.717, 1.165) is 32.1 Å². The Morgan fingerprint density at radius 1 is 1.14 bits per heavy atom. The summed E-state index contributed by atoms with van der Waals surface area (Å²) in [6, 6.07) is 0. The number of Topliss-reactive ketones (excluding diaryl/α,β-unsaturated/α-hetero) is 1. The molecule has 4 nitrogen and oxygen atoms in total. The minimum absolute atomic E-state index is 0.110. The lowest BCUT2D eigenvalue weighted by Crippen LogP contribution is -2.57. The van der Waals surface area contributed by atoms with E-state index in [-0.39, 0.29) is 28.8 Å². The second-order valence-corrected chi connectivity index (χ2v) is 11.4. The topological polar surface area (TPSA) is 63.6 Å². The lowest BCUT2D eigenvalue weighted by atomic mass is 9.44. The van der Waals surface area contributed by atoms with Gasteiger partial charge in [0, 0.05) is 18.8 Å². The Morgan fingerprint density at radius 2 is 1.83 bits per heavy atom. The number of esters is 1. The van der Waals surface area contributed by atoms with Crippen molar-refractivity contribution in [3.8, 4) is 0 Å². The number of rotatable bonds is 4. The highest BCUT2D eigenvalue weighted by Crippen LogP contribution is 2.67. The van der Waals surface area contributed by atoms with Crippen LogP contribution in [0.4, 0.5) is 0 Å². The Hall–Kier alpha value is -0.900. The third-order valence-electron chi connectivity index (χ3n) is 10.2. The molecular formula is C25H40O4. The Bertz CT molecular complexity index is 659. The molecule has 6 unspecified atom stereocenters. The summed E-state index contributed by atoms with van der Waals surface area (Å²) in [6.45, 7) is 7.18. The number of carbonyl (C=O) groups excluding carboxylic acids is 2. The van der Waals surface area contributed by atoms with E-state index in [4.69, 9.17) is 4.74 Å². The average molecular weight is 405 g/mol. The SMILES string of the molecule is COC(=O)CCC(C)C1CCC2C3C(=O)C[C@@H]4C[C@H](O)CCC4(C)C3CC[C@]12C. The first-order chi connectivity index (χ1) is 13.7. The third-order valence-corrected chi connectivity index (χ3v) is 10.2. The summed E-state index contributed by atoms with van der Waals surface area (Å²) >= 11 is 0. The minimum atomic E-state index is -0.210. The molecule has 164 valence electrons. The van der Waals surface area contributed by atoms with Crippen molar-refractivity contribution in [3.05, 3.63) is 0 Å². The van der Waals surface area contributed by atoms with Gasteiger partial charge in [0.1, 0.15) is 5.78 Å². The number of aliphatic hydroxyl groups excluding tert-OH is 1. The van der Waals surface area contributed by atoms with Crippen LogP contribution in [0.1, 0.15) is 85.0 Å². The molecule has 4 fully saturated rings. The van der Waals surface area contributed by atoms with Gasteiger partial charge in [-0.1, -0.05) is 20.8 Å². The summed E-state index contributed by atoms with van der Waals surface area (Å²) in [4.78, 5) is 25.0. The Labute approximate surface area is 176 Å². The number of hydrogen-bond acceptors (Lipinski definition) is 4. The molecule has 0 radical (unpaired) electrons. The van der Waals surface area contributed by atoms with Gasteiger partial charge < -0.3 is 9.84 Å². The average Bonchev–Trinajstić information content (AvgIpc) is 3.04. The molecule has 0 amide bonds.